The fourth-order valence-electron chi connectivity index (χ4n) is 2.45. The molecule has 2 rings (SSSR count). The quantitative estimate of drug-likeness (QED) is 0.888. The second-order valence-corrected chi connectivity index (χ2v) is 5.08. The summed E-state index contributed by atoms with van der Waals surface area (Å²) in [4.78, 5) is 0. The van der Waals surface area contributed by atoms with Crippen LogP contribution in [-0.2, 0) is 4.74 Å². The van der Waals surface area contributed by atoms with Gasteiger partial charge in [-0.15, -0.1) is 0 Å². The van der Waals surface area contributed by atoms with Gasteiger partial charge in [0.15, 0.2) is 11.5 Å². The van der Waals surface area contributed by atoms with Crippen molar-refractivity contribution in [1.82, 2.24) is 0 Å². The van der Waals surface area contributed by atoms with Gasteiger partial charge in [-0.05, 0) is 31.9 Å². The number of hydrogen-bond acceptors (Lipinski definition) is 4. The first-order chi connectivity index (χ1) is 9.15. The van der Waals surface area contributed by atoms with Crippen LogP contribution in [0.5, 0.6) is 11.5 Å². The van der Waals surface area contributed by atoms with E-state index in [2.05, 4.69) is 19.2 Å². The first-order valence-corrected chi connectivity index (χ1v) is 6.72. The molecule has 106 valence electrons. The predicted octanol–water partition coefficient (Wildman–Crippen LogP) is 2.85. The van der Waals surface area contributed by atoms with Crippen LogP contribution >= 0.6 is 0 Å². The number of ether oxygens (including phenoxy) is 3. The van der Waals surface area contributed by atoms with E-state index in [4.69, 9.17) is 14.2 Å². The maximum atomic E-state index is 5.44. The maximum absolute atomic E-state index is 5.44. The Kier molecular flexibility index (Phi) is 4.53. The van der Waals surface area contributed by atoms with Crippen LogP contribution in [-0.4, -0.2) is 33.5 Å². The summed E-state index contributed by atoms with van der Waals surface area (Å²) in [6, 6.07) is 4.39. The normalized spacial score (nSPS) is 20.1. The lowest BCUT2D eigenvalue weighted by Crippen LogP contribution is -2.26. The monoisotopic (exact) mass is 265 g/mol. The van der Waals surface area contributed by atoms with E-state index in [1.54, 1.807) is 14.2 Å². The Bertz CT molecular complexity index is 428. The highest BCUT2D eigenvalue weighted by molar-refractivity contribution is 5.60. The summed E-state index contributed by atoms with van der Waals surface area (Å²) in [5, 5.41) is 3.56. The van der Waals surface area contributed by atoms with Crippen LogP contribution < -0.4 is 14.8 Å². The molecule has 1 heterocycles. The zero-order valence-corrected chi connectivity index (χ0v) is 12.2. The first-order valence-electron chi connectivity index (χ1n) is 6.72. The molecule has 2 atom stereocenters. The van der Waals surface area contributed by atoms with Crippen LogP contribution in [0, 0.1) is 12.8 Å². The van der Waals surface area contributed by atoms with Crippen molar-refractivity contribution in [2.24, 2.45) is 5.92 Å². The van der Waals surface area contributed by atoms with Gasteiger partial charge in [0.2, 0.25) is 0 Å². The molecule has 0 amide bonds. The number of methoxy groups -OCH3 is 2. The molecule has 1 aliphatic rings. The Morgan fingerprint density at radius 2 is 1.95 bits per heavy atom. The molecule has 0 spiro atoms. The van der Waals surface area contributed by atoms with E-state index in [-0.39, 0.29) is 0 Å². The molecule has 1 aromatic rings. The van der Waals surface area contributed by atoms with Crippen molar-refractivity contribution in [2.45, 2.75) is 26.3 Å². The summed E-state index contributed by atoms with van der Waals surface area (Å²) in [5.74, 6) is 2.10. The molecule has 0 bridgehead atoms. The SMILES string of the molecule is COc1cc(C)c(NC(C)C2CCOC2)cc1OC. The van der Waals surface area contributed by atoms with Gasteiger partial charge in [-0.25, -0.2) is 0 Å². The fraction of sp³-hybridized carbons (Fsp3) is 0.600. The van der Waals surface area contributed by atoms with Crippen LogP contribution in [0.2, 0.25) is 0 Å². The number of rotatable bonds is 5. The Morgan fingerprint density at radius 1 is 1.26 bits per heavy atom. The molecule has 1 fully saturated rings. The average Bonchev–Trinajstić information content (AvgIpc) is 2.94. The minimum Gasteiger partial charge on any atom is -0.493 e. The number of benzene rings is 1. The lowest BCUT2D eigenvalue weighted by atomic mass is 10.00. The van der Waals surface area contributed by atoms with Crippen molar-refractivity contribution in [1.29, 1.82) is 0 Å². The van der Waals surface area contributed by atoms with Crippen molar-refractivity contribution < 1.29 is 14.2 Å². The molecule has 4 heteroatoms. The molecule has 0 radical (unpaired) electrons. The highest BCUT2D eigenvalue weighted by Crippen LogP contribution is 2.33. The topological polar surface area (TPSA) is 39.7 Å². The smallest absolute Gasteiger partial charge is 0.162 e. The van der Waals surface area contributed by atoms with Crippen molar-refractivity contribution in [3.05, 3.63) is 17.7 Å². The molecule has 0 aromatic heterocycles. The van der Waals surface area contributed by atoms with Crippen LogP contribution in [0.15, 0.2) is 12.1 Å². The minimum atomic E-state index is 0.388. The number of hydrogen-bond donors (Lipinski definition) is 1. The second kappa shape index (κ2) is 6.15. The van der Waals surface area contributed by atoms with Crippen molar-refractivity contribution in [3.63, 3.8) is 0 Å². The van der Waals surface area contributed by atoms with E-state index < -0.39 is 0 Å². The van der Waals surface area contributed by atoms with E-state index in [9.17, 15) is 0 Å². The van der Waals surface area contributed by atoms with Gasteiger partial charge in [0.25, 0.3) is 0 Å². The predicted molar refractivity (Wildman–Crippen MR) is 76.3 cm³/mol. The minimum absolute atomic E-state index is 0.388. The third-order valence-electron chi connectivity index (χ3n) is 3.79. The van der Waals surface area contributed by atoms with Gasteiger partial charge in [-0.3, -0.25) is 0 Å². The first kappa shape index (κ1) is 14.0. The van der Waals surface area contributed by atoms with Gasteiger partial charge in [-0.2, -0.15) is 0 Å². The third kappa shape index (κ3) is 3.13. The Hall–Kier alpha value is -1.42. The van der Waals surface area contributed by atoms with Crippen LogP contribution in [0.25, 0.3) is 0 Å². The zero-order chi connectivity index (χ0) is 13.8. The van der Waals surface area contributed by atoms with Gasteiger partial charge < -0.3 is 19.5 Å². The van der Waals surface area contributed by atoms with Crippen molar-refractivity contribution in [3.8, 4) is 11.5 Å². The summed E-state index contributed by atoms with van der Waals surface area (Å²) in [6.45, 7) is 6.00. The summed E-state index contributed by atoms with van der Waals surface area (Å²) < 4.78 is 16.1. The molecule has 1 aliphatic heterocycles. The molecule has 0 saturated carbocycles. The Morgan fingerprint density at radius 3 is 2.53 bits per heavy atom. The van der Waals surface area contributed by atoms with Crippen LogP contribution in [0.3, 0.4) is 0 Å². The Balaban J connectivity index is 2.14. The standard InChI is InChI=1S/C15H23NO3/c1-10-7-14(17-3)15(18-4)8-13(10)16-11(2)12-5-6-19-9-12/h7-8,11-12,16H,5-6,9H2,1-4H3. The molecule has 0 aliphatic carbocycles. The molecule has 1 saturated heterocycles. The van der Waals surface area contributed by atoms with Crippen molar-refractivity contribution in [2.75, 3.05) is 32.8 Å². The summed E-state index contributed by atoms with van der Waals surface area (Å²) >= 11 is 0. The van der Waals surface area contributed by atoms with E-state index in [1.165, 1.54) is 0 Å². The molecule has 4 nitrogen and oxygen atoms in total. The van der Waals surface area contributed by atoms with E-state index in [1.807, 2.05) is 12.1 Å². The van der Waals surface area contributed by atoms with Gasteiger partial charge in [-0.1, -0.05) is 0 Å². The number of aryl methyl sites for hydroxylation is 1. The van der Waals surface area contributed by atoms with Gasteiger partial charge in [0, 0.05) is 30.3 Å². The molecular weight excluding hydrogens is 242 g/mol. The lowest BCUT2D eigenvalue weighted by molar-refractivity contribution is 0.183. The second-order valence-electron chi connectivity index (χ2n) is 5.08. The van der Waals surface area contributed by atoms with Gasteiger partial charge >= 0.3 is 0 Å². The molecule has 1 aromatic carbocycles. The molecule has 2 unspecified atom stereocenters. The summed E-state index contributed by atoms with van der Waals surface area (Å²) in [5.41, 5.74) is 2.25. The van der Waals surface area contributed by atoms with Crippen LogP contribution in [0.1, 0.15) is 18.9 Å². The highest BCUT2D eigenvalue weighted by atomic mass is 16.5. The molecular formula is C15H23NO3. The third-order valence-corrected chi connectivity index (χ3v) is 3.79. The Labute approximate surface area is 115 Å². The highest BCUT2D eigenvalue weighted by Gasteiger charge is 2.22. The van der Waals surface area contributed by atoms with E-state index >= 15 is 0 Å². The van der Waals surface area contributed by atoms with Gasteiger partial charge in [0.1, 0.15) is 0 Å². The maximum Gasteiger partial charge on any atom is 0.162 e. The average molecular weight is 265 g/mol. The largest absolute Gasteiger partial charge is 0.493 e. The van der Waals surface area contributed by atoms with Gasteiger partial charge in [0.05, 0.1) is 20.8 Å². The van der Waals surface area contributed by atoms with Crippen LogP contribution in [0.4, 0.5) is 5.69 Å². The molecule has 19 heavy (non-hydrogen) atoms. The lowest BCUT2D eigenvalue weighted by Gasteiger charge is -2.22. The van der Waals surface area contributed by atoms with E-state index in [0.29, 0.717) is 12.0 Å². The zero-order valence-electron chi connectivity index (χ0n) is 12.2. The number of anilines is 1. The fourth-order valence-corrected chi connectivity index (χ4v) is 2.45. The van der Waals surface area contributed by atoms with Crippen molar-refractivity contribution >= 4 is 5.69 Å². The molecule has 1 N–H and O–H groups in total. The van der Waals surface area contributed by atoms with E-state index in [0.717, 1.165) is 42.4 Å². The summed E-state index contributed by atoms with van der Waals surface area (Å²) in [7, 11) is 3.31. The number of nitrogens with one attached hydrogen (secondary N) is 1. The summed E-state index contributed by atoms with van der Waals surface area (Å²) in [6.07, 6.45) is 1.13.